The fraction of sp³-hybridized carbons (Fsp3) is 0.750. The van der Waals surface area contributed by atoms with Crippen LogP contribution in [-0.2, 0) is 0 Å². The second-order valence-electron chi connectivity index (χ2n) is 10.7. The molecule has 1 aliphatic carbocycles. The van der Waals surface area contributed by atoms with Crippen LogP contribution in [0, 0.1) is 10.8 Å². The molecule has 3 rings (SSSR count). The first-order valence-corrected chi connectivity index (χ1v) is 11.1. The van der Waals surface area contributed by atoms with E-state index in [0.717, 1.165) is 26.2 Å². The first-order chi connectivity index (χ1) is 13.4. The Morgan fingerprint density at radius 1 is 0.933 bits per heavy atom. The van der Waals surface area contributed by atoms with E-state index in [2.05, 4.69) is 61.8 Å². The Bertz CT molecular complexity index is 663. The van der Waals surface area contributed by atoms with E-state index < -0.39 is 12.6 Å². The third-order valence-corrected chi connectivity index (χ3v) is 6.58. The van der Waals surface area contributed by atoms with E-state index in [1.807, 2.05) is 0 Å². The van der Waals surface area contributed by atoms with Crippen LogP contribution in [0.1, 0.15) is 71.3 Å². The Kier molecular flexibility index (Phi) is 8.17. The molecule has 0 unspecified atom stereocenters. The molecule has 0 N–H and O–H groups in total. The van der Waals surface area contributed by atoms with E-state index in [0.29, 0.717) is 23.3 Å². The summed E-state index contributed by atoms with van der Waals surface area (Å²) in [4.78, 5) is 4.63. The van der Waals surface area contributed by atoms with Gasteiger partial charge in [0.05, 0.1) is 0 Å². The van der Waals surface area contributed by atoms with E-state index >= 15 is 0 Å². The molecule has 6 heteroatoms. The molecule has 0 atom stereocenters. The van der Waals surface area contributed by atoms with Gasteiger partial charge in [0.2, 0.25) is 0 Å². The molecule has 0 aromatic heterocycles. The zero-order valence-electron chi connectivity index (χ0n) is 18.9. The lowest BCUT2D eigenvalue weighted by molar-refractivity contribution is -0.136. The summed E-state index contributed by atoms with van der Waals surface area (Å²) >= 11 is 0. The van der Waals surface area contributed by atoms with Gasteiger partial charge in [0.1, 0.15) is 0 Å². The van der Waals surface area contributed by atoms with Crippen LogP contribution in [0.25, 0.3) is 0 Å². The summed E-state index contributed by atoms with van der Waals surface area (Å²) in [5.74, 6) is 0.565. The van der Waals surface area contributed by atoms with E-state index in [1.54, 1.807) is 0 Å². The van der Waals surface area contributed by atoms with Gasteiger partial charge in [0.15, 0.2) is 0 Å². The Hall–Kier alpha value is -0.940. The van der Waals surface area contributed by atoms with E-state index in [1.165, 1.54) is 30.5 Å². The first-order valence-electron chi connectivity index (χ1n) is 11.1. The smallest absolute Gasteiger partial charge is 0.369 e. The number of hydrogen-bond acceptors (Lipinski definition) is 2. The monoisotopic (exact) mass is 446 g/mol. The molecule has 1 saturated heterocycles. The lowest BCUT2D eigenvalue weighted by Crippen LogP contribution is -2.47. The highest BCUT2D eigenvalue weighted by molar-refractivity contribution is 5.85. The van der Waals surface area contributed by atoms with Gasteiger partial charge >= 0.3 is 6.18 Å². The van der Waals surface area contributed by atoms with Gasteiger partial charge in [0.25, 0.3) is 0 Å². The number of hydrogen-bond donors (Lipinski definition) is 0. The number of para-hydroxylation sites is 1. The van der Waals surface area contributed by atoms with Crippen LogP contribution in [0.15, 0.2) is 24.3 Å². The number of piperazine rings is 1. The van der Waals surface area contributed by atoms with E-state index in [4.69, 9.17) is 0 Å². The summed E-state index contributed by atoms with van der Waals surface area (Å²) in [7, 11) is 0. The quantitative estimate of drug-likeness (QED) is 0.485. The second kappa shape index (κ2) is 9.68. The van der Waals surface area contributed by atoms with Crippen LogP contribution >= 0.6 is 12.4 Å². The van der Waals surface area contributed by atoms with Crippen LogP contribution in [0.2, 0.25) is 0 Å². The highest BCUT2D eigenvalue weighted by Gasteiger charge is 2.40. The van der Waals surface area contributed by atoms with Gasteiger partial charge in [-0.2, -0.15) is 13.2 Å². The number of alkyl halides is 3. The van der Waals surface area contributed by atoms with Crippen molar-refractivity contribution in [2.75, 3.05) is 37.6 Å². The summed E-state index contributed by atoms with van der Waals surface area (Å²) in [6, 6.07) is 8.81. The minimum absolute atomic E-state index is 0. The van der Waals surface area contributed by atoms with Crippen molar-refractivity contribution in [3.05, 3.63) is 29.8 Å². The van der Waals surface area contributed by atoms with E-state index in [9.17, 15) is 13.2 Å². The number of rotatable bonds is 5. The van der Waals surface area contributed by atoms with Crippen molar-refractivity contribution in [3.8, 4) is 0 Å². The van der Waals surface area contributed by atoms with Crippen molar-refractivity contribution in [2.24, 2.45) is 10.8 Å². The zero-order valence-corrected chi connectivity index (χ0v) is 19.7. The fourth-order valence-corrected chi connectivity index (χ4v) is 5.90. The highest BCUT2D eigenvalue weighted by Crippen LogP contribution is 2.53. The van der Waals surface area contributed by atoms with Gasteiger partial charge in [-0.15, -0.1) is 12.4 Å². The molecule has 30 heavy (non-hydrogen) atoms. The average Bonchev–Trinajstić information content (AvgIpc) is 2.59. The van der Waals surface area contributed by atoms with Crippen molar-refractivity contribution in [1.29, 1.82) is 0 Å². The van der Waals surface area contributed by atoms with Gasteiger partial charge in [0, 0.05) is 38.3 Å². The Morgan fingerprint density at radius 2 is 1.50 bits per heavy atom. The Labute approximate surface area is 186 Å². The molecule has 172 valence electrons. The molecule has 1 aromatic carbocycles. The first kappa shape index (κ1) is 25.3. The maximum Gasteiger partial charge on any atom is 0.389 e. The third kappa shape index (κ3) is 7.05. The topological polar surface area (TPSA) is 6.48 Å². The van der Waals surface area contributed by atoms with Crippen LogP contribution in [-0.4, -0.2) is 43.8 Å². The van der Waals surface area contributed by atoms with Crippen LogP contribution in [0.4, 0.5) is 18.9 Å². The SMILES string of the molecule is CC1(C)CC(c2ccccc2N2CCN(CCCC(F)(F)F)CC2)CC(C)(C)C1.Cl. The summed E-state index contributed by atoms with van der Waals surface area (Å²) in [5.41, 5.74) is 3.48. The van der Waals surface area contributed by atoms with Gasteiger partial charge in [-0.25, -0.2) is 0 Å². The molecule has 1 aliphatic heterocycles. The number of halogens is 4. The molecule has 0 bridgehead atoms. The van der Waals surface area contributed by atoms with Crippen LogP contribution in [0.5, 0.6) is 0 Å². The maximum atomic E-state index is 12.4. The highest BCUT2D eigenvalue weighted by atomic mass is 35.5. The number of nitrogens with zero attached hydrogens (tertiary/aromatic N) is 2. The third-order valence-electron chi connectivity index (χ3n) is 6.58. The normalized spacial score (nSPS) is 22.6. The molecule has 0 radical (unpaired) electrons. The molecule has 2 fully saturated rings. The molecule has 2 aliphatic rings. The molecule has 1 heterocycles. The zero-order chi connectivity index (χ0) is 21.3. The molecular formula is C24H38ClF3N2. The van der Waals surface area contributed by atoms with Gasteiger partial charge < -0.3 is 4.90 Å². The molecule has 0 spiro atoms. The standard InChI is InChI=1S/C24H37F3N2.ClH/c1-22(2)16-19(17-23(3,4)18-22)20-8-5-6-9-21(20)29-14-12-28(13-15-29)11-7-10-24(25,26)27;/h5-6,8-9,19H,7,10-18H2,1-4H3;1H. The lowest BCUT2D eigenvalue weighted by atomic mass is 9.60. The minimum atomic E-state index is -4.04. The molecular weight excluding hydrogens is 409 g/mol. The fourth-order valence-electron chi connectivity index (χ4n) is 5.90. The predicted octanol–water partition coefficient (Wildman–Crippen LogP) is 6.89. The summed E-state index contributed by atoms with van der Waals surface area (Å²) in [6.45, 7) is 13.6. The summed E-state index contributed by atoms with van der Waals surface area (Å²) in [5, 5.41) is 0. The summed E-state index contributed by atoms with van der Waals surface area (Å²) < 4.78 is 37.2. The Balaban J connectivity index is 0.00000320. The van der Waals surface area contributed by atoms with Crippen molar-refractivity contribution < 1.29 is 13.2 Å². The summed E-state index contributed by atoms with van der Waals surface area (Å²) in [6.07, 6.45) is -0.830. The molecule has 0 amide bonds. The number of benzene rings is 1. The largest absolute Gasteiger partial charge is 0.389 e. The van der Waals surface area contributed by atoms with Crippen molar-refractivity contribution in [1.82, 2.24) is 4.90 Å². The van der Waals surface area contributed by atoms with Gasteiger partial charge in [-0.3, -0.25) is 4.90 Å². The van der Waals surface area contributed by atoms with Crippen molar-refractivity contribution in [3.63, 3.8) is 0 Å². The molecule has 1 saturated carbocycles. The van der Waals surface area contributed by atoms with Crippen molar-refractivity contribution in [2.45, 2.75) is 71.9 Å². The number of anilines is 1. The predicted molar refractivity (Wildman–Crippen MR) is 122 cm³/mol. The van der Waals surface area contributed by atoms with Gasteiger partial charge in [-0.1, -0.05) is 45.9 Å². The average molecular weight is 447 g/mol. The second-order valence-corrected chi connectivity index (χ2v) is 10.7. The molecule has 1 aromatic rings. The van der Waals surface area contributed by atoms with Crippen molar-refractivity contribution >= 4 is 18.1 Å². The minimum Gasteiger partial charge on any atom is -0.369 e. The van der Waals surface area contributed by atoms with Crippen LogP contribution < -0.4 is 4.90 Å². The Morgan fingerprint density at radius 3 is 2.07 bits per heavy atom. The van der Waals surface area contributed by atoms with Crippen LogP contribution in [0.3, 0.4) is 0 Å². The lowest BCUT2D eigenvalue weighted by Gasteiger charge is -2.46. The maximum absolute atomic E-state index is 12.4. The molecule has 2 nitrogen and oxygen atoms in total. The van der Waals surface area contributed by atoms with E-state index in [-0.39, 0.29) is 18.8 Å². The van der Waals surface area contributed by atoms with Gasteiger partial charge in [-0.05, 0) is 60.6 Å².